The third kappa shape index (κ3) is 4.35. The molecule has 1 aromatic heterocycles. The number of hydrogen-bond acceptors (Lipinski definition) is 7. The van der Waals surface area contributed by atoms with Crippen LogP contribution in [-0.2, 0) is 25.6 Å². The normalized spacial score (nSPS) is 11.0. The average molecular weight is 286 g/mol. The van der Waals surface area contributed by atoms with Crippen LogP contribution in [0.3, 0.4) is 0 Å². The van der Waals surface area contributed by atoms with Gasteiger partial charge < -0.3 is 4.74 Å². The van der Waals surface area contributed by atoms with Crippen molar-refractivity contribution in [3.8, 4) is 6.07 Å². The van der Waals surface area contributed by atoms with Crippen molar-refractivity contribution >= 4 is 16.0 Å². The number of hydrogen-bond donors (Lipinski definition) is 1. The molecule has 0 radical (unpaired) electrons. The smallest absolute Gasteiger partial charge is 0.264 e. The van der Waals surface area contributed by atoms with Gasteiger partial charge in [-0.2, -0.15) is 18.8 Å². The molecule has 1 N–H and O–H groups in total. The van der Waals surface area contributed by atoms with E-state index >= 15 is 0 Å². The summed E-state index contributed by atoms with van der Waals surface area (Å²) in [6.07, 6.45) is 2.24. The van der Waals surface area contributed by atoms with Crippen molar-refractivity contribution < 1.29 is 17.3 Å². The van der Waals surface area contributed by atoms with Crippen LogP contribution in [0, 0.1) is 16.7 Å². The highest BCUT2D eigenvalue weighted by Gasteiger charge is 2.17. The Morgan fingerprint density at radius 1 is 1.63 bits per heavy atom. The average Bonchev–Trinajstić information content (AvgIpc) is 2.70. The van der Waals surface area contributed by atoms with Gasteiger partial charge in [0.25, 0.3) is 10.1 Å². The van der Waals surface area contributed by atoms with E-state index in [9.17, 15) is 8.42 Å². The van der Waals surface area contributed by atoms with Crippen LogP contribution < -0.4 is 0 Å². The van der Waals surface area contributed by atoms with Gasteiger partial charge in [-0.1, -0.05) is 0 Å². The minimum atomic E-state index is -3.53. The van der Waals surface area contributed by atoms with E-state index in [4.69, 9.17) is 15.4 Å². The van der Waals surface area contributed by atoms with Crippen LogP contribution in [-0.4, -0.2) is 43.6 Å². The molecule has 0 atom stereocenters. The third-order valence-corrected chi connectivity index (χ3v) is 2.66. The molecule has 0 aliphatic rings. The SMILES string of the molecule is CCOC(=N)c1c(C#N)cnn1CCOS(C)(=O)=O. The lowest BCUT2D eigenvalue weighted by Crippen LogP contribution is -2.18. The second-order valence-electron chi connectivity index (χ2n) is 3.53. The van der Waals surface area contributed by atoms with Gasteiger partial charge in [0.15, 0.2) is 0 Å². The zero-order chi connectivity index (χ0) is 14.5. The van der Waals surface area contributed by atoms with Crippen molar-refractivity contribution in [2.75, 3.05) is 19.5 Å². The Bertz CT molecular complexity index is 600. The van der Waals surface area contributed by atoms with E-state index in [1.165, 1.54) is 10.9 Å². The minimum Gasteiger partial charge on any atom is -0.477 e. The summed E-state index contributed by atoms with van der Waals surface area (Å²) in [6.45, 7) is 1.97. The molecule has 8 nitrogen and oxygen atoms in total. The maximum atomic E-state index is 10.8. The van der Waals surface area contributed by atoms with E-state index in [1.807, 2.05) is 6.07 Å². The first-order valence-corrected chi connectivity index (χ1v) is 7.22. The second kappa shape index (κ2) is 6.31. The van der Waals surface area contributed by atoms with Crippen molar-refractivity contribution in [3.05, 3.63) is 17.5 Å². The van der Waals surface area contributed by atoms with E-state index in [0.29, 0.717) is 0 Å². The first-order chi connectivity index (χ1) is 8.89. The van der Waals surface area contributed by atoms with E-state index < -0.39 is 10.1 Å². The fraction of sp³-hybridized carbons (Fsp3) is 0.500. The largest absolute Gasteiger partial charge is 0.477 e. The Balaban J connectivity index is 2.87. The molecule has 0 saturated carbocycles. The maximum absolute atomic E-state index is 10.8. The summed E-state index contributed by atoms with van der Waals surface area (Å²) < 4.78 is 32.6. The molecule has 104 valence electrons. The van der Waals surface area contributed by atoms with Gasteiger partial charge in [-0.05, 0) is 6.92 Å². The summed E-state index contributed by atoms with van der Waals surface area (Å²) in [5.41, 5.74) is 0.402. The van der Waals surface area contributed by atoms with Crippen LogP contribution in [0.2, 0.25) is 0 Å². The predicted molar refractivity (Wildman–Crippen MR) is 66.2 cm³/mol. The number of nitrogens with one attached hydrogen (secondary N) is 1. The van der Waals surface area contributed by atoms with Crippen LogP contribution in [0.1, 0.15) is 18.2 Å². The highest BCUT2D eigenvalue weighted by Crippen LogP contribution is 2.09. The van der Waals surface area contributed by atoms with Gasteiger partial charge in [-0.3, -0.25) is 14.3 Å². The summed E-state index contributed by atoms with van der Waals surface area (Å²) in [4.78, 5) is 0. The van der Waals surface area contributed by atoms with Gasteiger partial charge >= 0.3 is 0 Å². The first kappa shape index (κ1) is 15.1. The highest BCUT2D eigenvalue weighted by atomic mass is 32.2. The van der Waals surface area contributed by atoms with Gasteiger partial charge in [0, 0.05) is 0 Å². The van der Waals surface area contributed by atoms with E-state index in [2.05, 4.69) is 9.28 Å². The summed E-state index contributed by atoms with van der Waals surface area (Å²) >= 11 is 0. The van der Waals surface area contributed by atoms with E-state index in [0.717, 1.165) is 6.26 Å². The maximum Gasteiger partial charge on any atom is 0.264 e. The number of nitriles is 1. The monoisotopic (exact) mass is 286 g/mol. The Morgan fingerprint density at radius 2 is 2.32 bits per heavy atom. The number of rotatable bonds is 6. The van der Waals surface area contributed by atoms with Crippen molar-refractivity contribution in [2.45, 2.75) is 13.5 Å². The van der Waals surface area contributed by atoms with Crippen molar-refractivity contribution in [2.24, 2.45) is 0 Å². The van der Waals surface area contributed by atoms with Gasteiger partial charge in [-0.15, -0.1) is 0 Å². The standard InChI is InChI=1S/C10H14N4O4S/c1-3-17-10(12)9-8(6-11)7-13-14(9)4-5-18-19(2,15)16/h7,12H,3-5H2,1-2H3. The highest BCUT2D eigenvalue weighted by molar-refractivity contribution is 7.85. The lowest BCUT2D eigenvalue weighted by molar-refractivity contribution is 0.292. The molecule has 0 amide bonds. The van der Waals surface area contributed by atoms with Gasteiger partial charge in [0.2, 0.25) is 5.90 Å². The number of ether oxygens (including phenoxy) is 1. The summed E-state index contributed by atoms with van der Waals surface area (Å²) in [7, 11) is -3.53. The molecule has 9 heteroatoms. The predicted octanol–water partition coefficient (Wildman–Crippen LogP) is 0.0929. The summed E-state index contributed by atoms with van der Waals surface area (Å²) in [5.74, 6) is -0.184. The van der Waals surface area contributed by atoms with E-state index in [1.54, 1.807) is 6.92 Å². The Labute approximate surface area is 111 Å². The minimum absolute atomic E-state index is 0.0968. The fourth-order valence-corrected chi connectivity index (χ4v) is 1.74. The van der Waals surface area contributed by atoms with Gasteiger partial charge in [-0.25, -0.2) is 0 Å². The molecule has 1 rings (SSSR count). The zero-order valence-electron chi connectivity index (χ0n) is 10.6. The van der Waals surface area contributed by atoms with Crippen molar-refractivity contribution in [3.63, 3.8) is 0 Å². The molecule has 19 heavy (non-hydrogen) atoms. The summed E-state index contributed by atoms with van der Waals surface area (Å²) in [6, 6.07) is 1.90. The third-order valence-electron chi connectivity index (χ3n) is 2.06. The second-order valence-corrected chi connectivity index (χ2v) is 5.17. The van der Waals surface area contributed by atoms with Gasteiger partial charge in [0.1, 0.15) is 17.3 Å². The van der Waals surface area contributed by atoms with Crippen LogP contribution in [0.25, 0.3) is 0 Å². The van der Waals surface area contributed by atoms with Crippen molar-refractivity contribution in [1.29, 1.82) is 10.7 Å². The molecule has 0 fully saturated rings. The zero-order valence-corrected chi connectivity index (χ0v) is 11.4. The van der Waals surface area contributed by atoms with E-state index in [-0.39, 0.29) is 36.9 Å². The lowest BCUT2D eigenvalue weighted by atomic mass is 10.2. The molecular formula is C10H14N4O4S. The molecule has 0 aliphatic heterocycles. The molecular weight excluding hydrogens is 272 g/mol. The molecule has 0 spiro atoms. The van der Waals surface area contributed by atoms with Crippen LogP contribution in [0.4, 0.5) is 0 Å². The topological polar surface area (TPSA) is 118 Å². The van der Waals surface area contributed by atoms with Crippen LogP contribution >= 0.6 is 0 Å². The molecule has 1 aromatic rings. The van der Waals surface area contributed by atoms with Crippen LogP contribution in [0.5, 0.6) is 0 Å². The molecule has 0 unspecified atom stereocenters. The lowest BCUT2D eigenvalue weighted by Gasteiger charge is -2.09. The van der Waals surface area contributed by atoms with Crippen molar-refractivity contribution in [1.82, 2.24) is 9.78 Å². The van der Waals surface area contributed by atoms with Crippen LogP contribution in [0.15, 0.2) is 6.20 Å². The molecule has 0 aliphatic carbocycles. The number of aromatic nitrogens is 2. The molecule has 0 bridgehead atoms. The molecule has 0 aromatic carbocycles. The first-order valence-electron chi connectivity index (χ1n) is 5.41. The van der Waals surface area contributed by atoms with Gasteiger partial charge in [0.05, 0.1) is 32.2 Å². The Kier molecular flexibility index (Phi) is 5.02. The summed E-state index contributed by atoms with van der Waals surface area (Å²) in [5, 5.41) is 20.5. The quantitative estimate of drug-likeness (QED) is 0.450. The molecule has 0 saturated heterocycles. The number of nitrogens with zero attached hydrogens (tertiary/aromatic N) is 3. The molecule has 1 heterocycles. The fourth-order valence-electron chi connectivity index (χ4n) is 1.36. The Hall–Kier alpha value is -1.92. The Morgan fingerprint density at radius 3 is 2.84 bits per heavy atom.